The number of rotatable bonds is 3. The van der Waals surface area contributed by atoms with Crippen molar-refractivity contribution in [3.05, 3.63) is 41.3 Å². The molecule has 17 heavy (non-hydrogen) atoms. The number of carbonyl (C=O) groups excluding carboxylic acids is 1. The van der Waals surface area contributed by atoms with Gasteiger partial charge < -0.3 is 10.5 Å². The number of hydrogen-bond acceptors (Lipinski definition) is 4. The smallest absolute Gasteiger partial charge is 0.202 e. The van der Waals surface area contributed by atoms with Crippen molar-refractivity contribution in [2.75, 3.05) is 12.8 Å². The van der Waals surface area contributed by atoms with Gasteiger partial charge in [0, 0.05) is 0 Å². The number of benzene rings is 1. The first kappa shape index (κ1) is 11.1. The van der Waals surface area contributed by atoms with Crippen molar-refractivity contribution in [3.8, 4) is 5.75 Å². The zero-order valence-electron chi connectivity index (χ0n) is 9.03. The number of anilines is 1. The van der Waals surface area contributed by atoms with E-state index in [0.717, 1.165) is 6.07 Å². The summed E-state index contributed by atoms with van der Waals surface area (Å²) < 4.78 is 18.1. The van der Waals surface area contributed by atoms with E-state index >= 15 is 0 Å². The number of H-pyrrole nitrogens is 1. The molecule has 0 amide bonds. The van der Waals surface area contributed by atoms with Crippen molar-refractivity contribution in [1.82, 2.24) is 10.2 Å². The zero-order chi connectivity index (χ0) is 12.4. The van der Waals surface area contributed by atoms with Crippen LogP contribution >= 0.6 is 0 Å². The van der Waals surface area contributed by atoms with E-state index in [-0.39, 0.29) is 22.7 Å². The van der Waals surface area contributed by atoms with Gasteiger partial charge in [-0.15, -0.1) is 0 Å². The van der Waals surface area contributed by atoms with Gasteiger partial charge in [0.15, 0.2) is 0 Å². The first-order valence-corrected chi connectivity index (χ1v) is 4.80. The maximum absolute atomic E-state index is 13.1. The summed E-state index contributed by atoms with van der Waals surface area (Å²) in [5.74, 6) is -0.526. The summed E-state index contributed by atoms with van der Waals surface area (Å²) in [5, 5.41) is 6.08. The minimum Gasteiger partial charge on any atom is -0.496 e. The number of aromatic nitrogens is 2. The fourth-order valence-corrected chi connectivity index (χ4v) is 1.48. The summed E-state index contributed by atoms with van der Waals surface area (Å²) in [7, 11) is 1.41. The van der Waals surface area contributed by atoms with E-state index in [0.29, 0.717) is 0 Å². The van der Waals surface area contributed by atoms with Gasteiger partial charge in [-0.1, -0.05) is 0 Å². The first-order chi connectivity index (χ1) is 8.13. The summed E-state index contributed by atoms with van der Waals surface area (Å²) in [6.07, 6.45) is 1.29. The molecule has 1 aromatic heterocycles. The number of ether oxygens (including phenoxy) is 1. The number of nitrogens with one attached hydrogen (secondary N) is 1. The van der Waals surface area contributed by atoms with E-state index in [1.807, 2.05) is 0 Å². The fourth-order valence-electron chi connectivity index (χ4n) is 1.48. The number of nitrogen functional groups attached to an aromatic ring is 1. The van der Waals surface area contributed by atoms with Crippen molar-refractivity contribution in [2.24, 2.45) is 0 Å². The van der Waals surface area contributed by atoms with Crippen molar-refractivity contribution in [3.63, 3.8) is 0 Å². The molecule has 1 aromatic carbocycles. The minimum atomic E-state index is -0.517. The van der Waals surface area contributed by atoms with Gasteiger partial charge in [-0.25, -0.2) is 4.39 Å². The molecule has 0 radical (unpaired) electrons. The number of hydrogen-bond donors (Lipinski definition) is 2. The fraction of sp³-hybridized carbons (Fsp3) is 0.0909. The van der Waals surface area contributed by atoms with Gasteiger partial charge in [0.2, 0.25) is 5.78 Å². The largest absolute Gasteiger partial charge is 0.496 e. The third-order valence-electron chi connectivity index (χ3n) is 2.32. The first-order valence-electron chi connectivity index (χ1n) is 4.80. The van der Waals surface area contributed by atoms with E-state index in [4.69, 9.17) is 10.5 Å². The van der Waals surface area contributed by atoms with Gasteiger partial charge in [-0.2, -0.15) is 5.10 Å². The molecule has 5 nitrogen and oxygen atoms in total. The molecule has 0 atom stereocenters. The molecule has 0 spiro atoms. The Labute approximate surface area is 96.4 Å². The molecule has 0 aliphatic carbocycles. The lowest BCUT2D eigenvalue weighted by atomic mass is 10.0. The second kappa shape index (κ2) is 4.25. The average Bonchev–Trinajstić information content (AvgIpc) is 2.74. The van der Waals surface area contributed by atoms with E-state index in [1.165, 1.54) is 25.4 Å². The van der Waals surface area contributed by atoms with Crippen LogP contribution in [0, 0.1) is 5.82 Å². The molecule has 3 N–H and O–H groups in total. The Bertz CT molecular complexity index is 566. The molecule has 6 heteroatoms. The lowest BCUT2D eigenvalue weighted by Crippen LogP contribution is -2.06. The lowest BCUT2D eigenvalue weighted by Gasteiger charge is -2.06. The summed E-state index contributed by atoms with van der Waals surface area (Å²) in [4.78, 5) is 12.1. The predicted octanol–water partition coefficient (Wildman–Crippen LogP) is 1.37. The van der Waals surface area contributed by atoms with Crippen LogP contribution < -0.4 is 10.5 Å². The molecule has 2 rings (SSSR count). The van der Waals surface area contributed by atoms with Crippen LogP contribution in [0.25, 0.3) is 0 Å². The lowest BCUT2D eigenvalue weighted by molar-refractivity contribution is 0.103. The van der Waals surface area contributed by atoms with E-state index in [9.17, 15) is 9.18 Å². The topological polar surface area (TPSA) is 81.0 Å². The highest BCUT2D eigenvalue weighted by atomic mass is 19.1. The monoisotopic (exact) mass is 235 g/mol. The van der Waals surface area contributed by atoms with Crippen molar-refractivity contribution in [1.29, 1.82) is 0 Å². The van der Waals surface area contributed by atoms with Gasteiger partial charge in [0.1, 0.15) is 17.4 Å². The Morgan fingerprint density at radius 3 is 2.82 bits per heavy atom. The molecule has 1 heterocycles. The van der Waals surface area contributed by atoms with Crippen molar-refractivity contribution >= 4 is 11.6 Å². The molecule has 0 aliphatic rings. The normalized spacial score (nSPS) is 10.2. The molecule has 88 valence electrons. The SMILES string of the molecule is COc1ccc(F)cc1C(=O)c1cn[nH]c1N. The van der Waals surface area contributed by atoms with Crippen molar-refractivity contribution in [2.45, 2.75) is 0 Å². The third kappa shape index (κ3) is 1.96. The molecule has 2 aromatic rings. The standard InChI is InChI=1S/C11H10FN3O2/c1-17-9-3-2-6(12)4-7(9)10(16)8-5-14-15-11(8)13/h2-5H,1H3,(H3,13,14,15). The van der Waals surface area contributed by atoms with Crippen LogP contribution in [0.1, 0.15) is 15.9 Å². The van der Waals surface area contributed by atoms with Gasteiger partial charge >= 0.3 is 0 Å². The number of aromatic amines is 1. The number of nitrogens with two attached hydrogens (primary N) is 1. The van der Waals surface area contributed by atoms with Gasteiger partial charge in [-0.3, -0.25) is 9.89 Å². The van der Waals surface area contributed by atoms with Crippen LogP contribution in [0.4, 0.5) is 10.2 Å². The second-order valence-corrected chi connectivity index (χ2v) is 3.37. The summed E-state index contributed by atoms with van der Waals surface area (Å²) in [6.45, 7) is 0. The van der Waals surface area contributed by atoms with E-state index in [1.54, 1.807) is 0 Å². The predicted molar refractivity (Wildman–Crippen MR) is 59.4 cm³/mol. The van der Waals surface area contributed by atoms with Crippen LogP contribution in [-0.4, -0.2) is 23.1 Å². The highest BCUT2D eigenvalue weighted by molar-refractivity contribution is 6.13. The molecular weight excluding hydrogens is 225 g/mol. The molecule has 0 bridgehead atoms. The second-order valence-electron chi connectivity index (χ2n) is 3.37. The maximum atomic E-state index is 13.1. The highest BCUT2D eigenvalue weighted by Gasteiger charge is 2.18. The van der Waals surface area contributed by atoms with Crippen LogP contribution in [0.2, 0.25) is 0 Å². The summed E-state index contributed by atoms with van der Waals surface area (Å²) >= 11 is 0. The highest BCUT2D eigenvalue weighted by Crippen LogP contribution is 2.23. The third-order valence-corrected chi connectivity index (χ3v) is 2.32. The zero-order valence-corrected chi connectivity index (χ0v) is 9.03. The number of ketones is 1. The summed E-state index contributed by atoms with van der Waals surface area (Å²) in [5.41, 5.74) is 5.84. The Balaban J connectivity index is 2.50. The van der Waals surface area contributed by atoms with Crippen LogP contribution in [0.5, 0.6) is 5.75 Å². The Morgan fingerprint density at radius 1 is 1.47 bits per heavy atom. The number of nitrogens with zero attached hydrogens (tertiary/aromatic N) is 1. The number of halogens is 1. The summed E-state index contributed by atoms with van der Waals surface area (Å²) in [6, 6.07) is 3.71. The van der Waals surface area contributed by atoms with Gasteiger partial charge in [0.25, 0.3) is 0 Å². The molecular formula is C11H10FN3O2. The average molecular weight is 235 g/mol. The van der Waals surface area contributed by atoms with Gasteiger partial charge in [-0.05, 0) is 18.2 Å². The quantitative estimate of drug-likeness (QED) is 0.787. The molecule has 0 fully saturated rings. The molecule has 0 aliphatic heterocycles. The van der Waals surface area contributed by atoms with Crippen LogP contribution in [0.15, 0.2) is 24.4 Å². The Kier molecular flexibility index (Phi) is 2.78. The van der Waals surface area contributed by atoms with Crippen LogP contribution in [0.3, 0.4) is 0 Å². The minimum absolute atomic E-state index is 0.112. The Morgan fingerprint density at radius 2 is 2.24 bits per heavy atom. The molecule has 0 saturated carbocycles. The van der Waals surface area contributed by atoms with E-state index < -0.39 is 11.6 Å². The maximum Gasteiger partial charge on any atom is 0.202 e. The van der Waals surface area contributed by atoms with E-state index in [2.05, 4.69) is 10.2 Å². The Hall–Kier alpha value is -2.37. The number of methoxy groups -OCH3 is 1. The van der Waals surface area contributed by atoms with Crippen molar-refractivity contribution < 1.29 is 13.9 Å². The van der Waals surface area contributed by atoms with Gasteiger partial charge in [0.05, 0.1) is 24.4 Å². The molecule has 0 saturated heterocycles. The van der Waals surface area contributed by atoms with Crippen LogP contribution in [-0.2, 0) is 0 Å². The molecule has 0 unspecified atom stereocenters. The number of carbonyl (C=O) groups is 1.